The molecule has 0 amide bonds. The molecule has 0 unspecified atom stereocenters. The second kappa shape index (κ2) is 5.25. The van der Waals surface area contributed by atoms with E-state index in [1.54, 1.807) is 19.2 Å². The summed E-state index contributed by atoms with van der Waals surface area (Å²) in [6.45, 7) is 2.34. The van der Waals surface area contributed by atoms with E-state index in [0.717, 1.165) is 6.07 Å². The van der Waals surface area contributed by atoms with E-state index in [4.69, 9.17) is 0 Å². The van der Waals surface area contributed by atoms with E-state index in [1.165, 1.54) is 11.0 Å². The number of aryl methyl sites for hydroxylation is 1. The fraction of sp³-hybridized carbons (Fsp3) is 0.364. The second-order valence-electron chi connectivity index (χ2n) is 3.91. The average molecular weight is 271 g/mol. The summed E-state index contributed by atoms with van der Waals surface area (Å²) in [4.78, 5) is 7.71. The fourth-order valence-corrected chi connectivity index (χ4v) is 1.56. The Morgan fingerprint density at radius 1 is 1.37 bits per heavy atom. The summed E-state index contributed by atoms with van der Waals surface area (Å²) in [6, 6.07) is 2.71. The molecule has 0 aliphatic carbocycles. The Morgan fingerprint density at radius 3 is 2.74 bits per heavy atom. The molecule has 0 atom stereocenters. The number of anilines is 1. The highest BCUT2D eigenvalue weighted by Crippen LogP contribution is 2.28. The number of hydrogen-bond donors (Lipinski definition) is 1. The fourth-order valence-electron chi connectivity index (χ4n) is 1.56. The van der Waals surface area contributed by atoms with Gasteiger partial charge in [0.05, 0.1) is 6.54 Å². The number of aromatic nitrogens is 4. The second-order valence-corrected chi connectivity index (χ2v) is 3.91. The first-order valence-corrected chi connectivity index (χ1v) is 5.58. The van der Waals surface area contributed by atoms with Crippen molar-refractivity contribution >= 4 is 5.82 Å². The molecule has 1 N–H and O–H groups in total. The lowest BCUT2D eigenvalue weighted by Gasteiger charge is -2.06. The zero-order valence-corrected chi connectivity index (χ0v) is 10.1. The van der Waals surface area contributed by atoms with Gasteiger partial charge in [0.25, 0.3) is 0 Å². The van der Waals surface area contributed by atoms with Crippen LogP contribution < -0.4 is 5.32 Å². The minimum absolute atomic E-state index is 0.325. The topological polar surface area (TPSA) is 55.6 Å². The number of rotatable bonds is 4. The van der Waals surface area contributed by atoms with Crippen molar-refractivity contribution in [2.45, 2.75) is 19.6 Å². The van der Waals surface area contributed by atoms with Crippen LogP contribution in [0.2, 0.25) is 0 Å². The smallest absolute Gasteiger partial charge is 0.368 e. The monoisotopic (exact) mass is 271 g/mol. The van der Waals surface area contributed by atoms with E-state index < -0.39 is 11.9 Å². The van der Waals surface area contributed by atoms with Gasteiger partial charge in [0.15, 0.2) is 5.69 Å². The molecule has 0 aliphatic heterocycles. The van der Waals surface area contributed by atoms with Crippen LogP contribution in [0.15, 0.2) is 24.7 Å². The predicted molar refractivity (Wildman–Crippen MR) is 62.5 cm³/mol. The van der Waals surface area contributed by atoms with Gasteiger partial charge in [0.2, 0.25) is 0 Å². The molecular formula is C11H12F3N5. The van der Waals surface area contributed by atoms with E-state index in [2.05, 4.69) is 20.4 Å². The van der Waals surface area contributed by atoms with Crippen molar-refractivity contribution < 1.29 is 13.2 Å². The van der Waals surface area contributed by atoms with E-state index in [0.29, 0.717) is 24.6 Å². The lowest BCUT2D eigenvalue weighted by atomic mass is 10.3. The minimum Gasteiger partial charge on any atom is -0.368 e. The van der Waals surface area contributed by atoms with Gasteiger partial charge in [0.1, 0.15) is 12.1 Å². The molecule has 0 aliphatic rings. The van der Waals surface area contributed by atoms with Crippen LogP contribution in [-0.4, -0.2) is 26.3 Å². The predicted octanol–water partition coefficient (Wildman–Crippen LogP) is 2.11. The minimum atomic E-state index is -4.41. The van der Waals surface area contributed by atoms with Crippen molar-refractivity contribution in [2.75, 3.05) is 11.9 Å². The van der Waals surface area contributed by atoms with Crippen molar-refractivity contribution in [1.82, 2.24) is 19.7 Å². The molecule has 0 spiro atoms. The van der Waals surface area contributed by atoms with E-state index in [-0.39, 0.29) is 0 Å². The van der Waals surface area contributed by atoms with Crippen LogP contribution >= 0.6 is 0 Å². The van der Waals surface area contributed by atoms with Crippen LogP contribution in [0.1, 0.15) is 11.4 Å². The van der Waals surface area contributed by atoms with Crippen LogP contribution in [0.3, 0.4) is 0 Å². The summed E-state index contributed by atoms with van der Waals surface area (Å²) in [7, 11) is 0. The van der Waals surface area contributed by atoms with Gasteiger partial charge in [-0.25, -0.2) is 9.97 Å². The summed E-state index contributed by atoms with van der Waals surface area (Å²) < 4.78 is 38.7. The maximum absolute atomic E-state index is 12.5. The molecule has 2 aromatic rings. The van der Waals surface area contributed by atoms with Gasteiger partial charge in [-0.15, -0.1) is 0 Å². The SMILES string of the molecule is Cc1cc(C(F)(F)F)nn1CCNc1ccncn1. The zero-order valence-electron chi connectivity index (χ0n) is 10.1. The van der Waals surface area contributed by atoms with Gasteiger partial charge >= 0.3 is 6.18 Å². The van der Waals surface area contributed by atoms with Gasteiger partial charge in [-0.05, 0) is 19.1 Å². The van der Waals surface area contributed by atoms with E-state index >= 15 is 0 Å². The van der Waals surface area contributed by atoms with Crippen LogP contribution in [0.25, 0.3) is 0 Å². The molecule has 0 saturated carbocycles. The van der Waals surface area contributed by atoms with Gasteiger partial charge < -0.3 is 5.32 Å². The molecule has 8 heteroatoms. The third-order valence-electron chi connectivity index (χ3n) is 2.48. The molecular weight excluding hydrogens is 259 g/mol. The standard InChI is InChI=1S/C11H12F3N5/c1-8-6-9(11(12,13)14)18-19(8)5-4-16-10-2-3-15-7-17-10/h2-3,6-7H,4-5H2,1H3,(H,15,16,17). The van der Waals surface area contributed by atoms with Gasteiger partial charge in [-0.3, -0.25) is 4.68 Å². The number of halogens is 3. The molecule has 0 bridgehead atoms. The largest absolute Gasteiger partial charge is 0.435 e. The van der Waals surface area contributed by atoms with E-state index in [9.17, 15) is 13.2 Å². The van der Waals surface area contributed by atoms with Crippen molar-refractivity contribution in [3.05, 3.63) is 36.0 Å². The van der Waals surface area contributed by atoms with Gasteiger partial charge in [0, 0.05) is 18.4 Å². The Labute approximate surface area is 107 Å². The van der Waals surface area contributed by atoms with Gasteiger partial charge in [-0.2, -0.15) is 18.3 Å². The Hall–Kier alpha value is -2.12. The first kappa shape index (κ1) is 13.3. The molecule has 5 nitrogen and oxygen atoms in total. The average Bonchev–Trinajstić information content (AvgIpc) is 2.72. The molecule has 0 radical (unpaired) electrons. The van der Waals surface area contributed by atoms with Crippen LogP contribution in [0.5, 0.6) is 0 Å². The maximum Gasteiger partial charge on any atom is 0.435 e. The van der Waals surface area contributed by atoms with Crippen LogP contribution in [-0.2, 0) is 12.7 Å². The molecule has 102 valence electrons. The lowest BCUT2D eigenvalue weighted by molar-refractivity contribution is -0.141. The first-order chi connectivity index (χ1) is 8.97. The molecule has 2 heterocycles. The van der Waals surface area contributed by atoms with Crippen molar-refractivity contribution in [3.63, 3.8) is 0 Å². The number of nitrogens with zero attached hydrogens (tertiary/aromatic N) is 4. The molecule has 2 rings (SSSR count). The maximum atomic E-state index is 12.5. The molecule has 0 fully saturated rings. The third kappa shape index (κ3) is 3.43. The summed E-state index contributed by atoms with van der Waals surface area (Å²) in [5.74, 6) is 0.621. The Bertz CT molecular complexity index is 535. The van der Waals surface area contributed by atoms with Crippen molar-refractivity contribution in [2.24, 2.45) is 0 Å². The quantitative estimate of drug-likeness (QED) is 0.925. The van der Waals surface area contributed by atoms with Crippen molar-refractivity contribution in [1.29, 1.82) is 0 Å². The molecule has 0 aromatic carbocycles. The number of hydrogen-bond acceptors (Lipinski definition) is 4. The Morgan fingerprint density at radius 2 is 2.16 bits per heavy atom. The van der Waals surface area contributed by atoms with Crippen LogP contribution in [0.4, 0.5) is 19.0 Å². The number of alkyl halides is 3. The lowest BCUT2D eigenvalue weighted by Crippen LogP contribution is -2.14. The number of nitrogens with one attached hydrogen (secondary N) is 1. The zero-order chi connectivity index (χ0) is 13.9. The van der Waals surface area contributed by atoms with E-state index in [1.807, 2.05) is 0 Å². The summed E-state index contributed by atoms with van der Waals surface area (Å²) in [6.07, 6.45) is -1.43. The summed E-state index contributed by atoms with van der Waals surface area (Å²) in [5, 5.41) is 6.51. The summed E-state index contributed by atoms with van der Waals surface area (Å²) in [5.41, 5.74) is -0.399. The van der Waals surface area contributed by atoms with Crippen LogP contribution in [0, 0.1) is 6.92 Å². The molecule has 19 heavy (non-hydrogen) atoms. The highest BCUT2D eigenvalue weighted by Gasteiger charge is 2.34. The molecule has 0 saturated heterocycles. The van der Waals surface area contributed by atoms with Crippen molar-refractivity contribution in [3.8, 4) is 0 Å². The Kier molecular flexibility index (Phi) is 3.68. The Balaban J connectivity index is 1.95. The highest BCUT2D eigenvalue weighted by atomic mass is 19.4. The van der Waals surface area contributed by atoms with Gasteiger partial charge in [-0.1, -0.05) is 0 Å². The highest BCUT2D eigenvalue weighted by molar-refractivity contribution is 5.31. The molecule has 2 aromatic heterocycles. The first-order valence-electron chi connectivity index (χ1n) is 5.58. The third-order valence-corrected chi connectivity index (χ3v) is 2.48. The summed E-state index contributed by atoms with van der Waals surface area (Å²) >= 11 is 0. The normalized spacial score (nSPS) is 11.6.